The van der Waals surface area contributed by atoms with E-state index in [1.807, 2.05) is 0 Å². The van der Waals surface area contributed by atoms with Gasteiger partial charge in [0.1, 0.15) is 0 Å². The van der Waals surface area contributed by atoms with E-state index in [2.05, 4.69) is 39.9 Å². The average Bonchev–Trinajstić information content (AvgIpc) is 2.14. The summed E-state index contributed by atoms with van der Waals surface area (Å²) >= 11 is 1.56. The van der Waals surface area contributed by atoms with Crippen molar-refractivity contribution in [2.45, 2.75) is 60.3 Å². The third-order valence-corrected chi connectivity index (χ3v) is 3.80. The van der Waals surface area contributed by atoms with Crippen LogP contribution in [0.2, 0.25) is 0 Å². The monoisotopic (exact) mass is 381 g/mol. The van der Waals surface area contributed by atoms with E-state index in [0.717, 1.165) is 12.5 Å². The predicted octanol–water partition coefficient (Wildman–Crippen LogP) is 3.52. The zero-order valence-electron chi connectivity index (χ0n) is 11.0. The fourth-order valence-corrected chi connectivity index (χ4v) is 1.82. The molecule has 15 heavy (non-hydrogen) atoms. The zero-order chi connectivity index (χ0) is 11.9. The molecule has 0 fully saturated rings. The first-order valence-corrected chi connectivity index (χ1v) is 7.58. The van der Waals surface area contributed by atoms with Crippen molar-refractivity contribution in [1.29, 1.82) is 0 Å². The molecule has 0 aliphatic carbocycles. The van der Waals surface area contributed by atoms with Crippen molar-refractivity contribution in [3.8, 4) is 0 Å². The summed E-state index contributed by atoms with van der Waals surface area (Å²) in [6.07, 6.45) is 5.34. The first kappa shape index (κ1) is 15.5. The van der Waals surface area contributed by atoms with Gasteiger partial charge in [0, 0.05) is 0 Å². The number of nitrogens with one attached hydrogen (secondary N) is 1. The van der Waals surface area contributed by atoms with E-state index < -0.39 is 0 Å². The van der Waals surface area contributed by atoms with Crippen LogP contribution in [-0.4, -0.2) is 10.6 Å². The van der Waals surface area contributed by atoms with Gasteiger partial charge in [-0.05, 0) is 0 Å². The molecule has 0 heterocycles. The van der Waals surface area contributed by atoms with Crippen LogP contribution in [0, 0.1) is 11.3 Å². The van der Waals surface area contributed by atoms with Crippen LogP contribution >= 0.6 is 0 Å². The Morgan fingerprint density at radius 1 is 1.33 bits per heavy atom. The van der Waals surface area contributed by atoms with Gasteiger partial charge in [0.2, 0.25) is 0 Å². The van der Waals surface area contributed by atoms with E-state index in [0.29, 0.717) is 5.41 Å². The molecule has 0 aliphatic heterocycles. The molecule has 0 amide bonds. The normalized spacial score (nSPS) is 13.9. The maximum absolute atomic E-state index is 3.44. The van der Waals surface area contributed by atoms with Gasteiger partial charge in [-0.1, -0.05) is 0 Å². The Hall–Kier alpha value is 0.518. The van der Waals surface area contributed by atoms with Crippen molar-refractivity contribution in [2.75, 3.05) is 6.54 Å². The molecule has 0 radical (unpaired) electrons. The summed E-state index contributed by atoms with van der Waals surface area (Å²) in [4.78, 5) is 0. The summed E-state index contributed by atoms with van der Waals surface area (Å²) in [5.41, 5.74) is 0.540. The summed E-state index contributed by atoms with van der Waals surface area (Å²) < 4.78 is 1.41. The molecule has 0 aromatic carbocycles. The van der Waals surface area contributed by atoms with Crippen LogP contribution in [0.25, 0.3) is 0 Å². The summed E-state index contributed by atoms with van der Waals surface area (Å²) in [7, 11) is 0. The molecule has 1 N–H and O–H groups in total. The van der Waals surface area contributed by atoms with E-state index in [1.165, 1.54) is 29.7 Å². The minimum absolute atomic E-state index is 0.540. The molecule has 0 spiro atoms. The fraction of sp³-hybridized carbons (Fsp3) is 0.923. The predicted molar refractivity (Wildman–Crippen MR) is 65.8 cm³/mol. The van der Waals surface area contributed by atoms with Gasteiger partial charge in [0.25, 0.3) is 0 Å². The van der Waals surface area contributed by atoms with Gasteiger partial charge in [0.05, 0.1) is 0 Å². The third kappa shape index (κ3) is 9.45. The molecule has 0 bridgehead atoms. The van der Waals surface area contributed by atoms with Gasteiger partial charge >= 0.3 is 107 Å². The van der Waals surface area contributed by atoms with Gasteiger partial charge in [0.15, 0.2) is 0 Å². The minimum atomic E-state index is 0.540. The average molecular weight is 381 g/mol. The molecule has 1 unspecified atom stereocenters. The van der Waals surface area contributed by atoms with E-state index in [-0.39, 0.29) is 0 Å². The first-order chi connectivity index (χ1) is 6.87. The second kappa shape index (κ2) is 7.74. The Morgan fingerprint density at radius 2 is 1.93 bits per heavy atom. The molecule has 0 aromatic rings. The Labute approximate surface area is 107 Å². The summed E-state index contributed by atoms with van der Waals surface area (Å²) in [6, 6.07) is 0. The van der Waals surface area contributed by atoms with Crippen molar-refractivity contribution in [1.82, 2.24) is 5.32 Å². The third-order valence-electron chi connectivity index (χ3n) is 3.28. The van der Waals surface area contributed by atoms with Crippen molar-refractivity contribution in [3.63, 3.8) is 0 Å². The van der Waals surface area contributed by atoms with Crippen LogP contribution in [0.5, 0.6) is 0 Å². The van der Waals surface area contributed by atoms with E-state index >= 15 is 0 Å². The van der Waals surface area contributed by atoms with E-state index in [1.54, 1.807) is 19.4 Å². The van der Waals surface area contributed by atoms with Crippen LogP contribution in [0.3, 0.4) is 0 Å². The molecular formula is C13H27NW. The molecular weight excluding hydrogens is 354 g/mol. The zero-order valence-corrected chi connectivity index (χ0v) is 14.0. The Morgan fingerprint density at radius 3 is 2.40 bits per heavy atom. The Bertz CT molecular complexity index is 187. The van der Waals surface area contributed by atoms with Crippen LogP contribution in [0.15, 0.2) is 0 Å². The summed E-state index contributed by atoms with van der Waals surface area (Å²) in [6.45, 7) is 12.8. The number of hydrogen-bond donors (Lipinski definition) is 1. The fourth-order valence-electron chi connectivity index (χ4n) is 1.45. The van der Waals surface area contributed by atoms with Crippen molar-refractivity contribution in [2.24, 2.45) is 11.3 Å². The van der Waals surface area contributed by atoms with Crippen molar-refractivity contribution < 1.29 is 19.4 Å². The van der Waals surface area contributed by atoms with Crippen molar-refractivity contribution >= 4 is 4.02 Å². The second-order valence-corrected chi connectivity index (χ2v) is 7.63. The van der Waals surface area contributed by atoms with Crippen LogP contribution in [-0.2, 0) is 19.4 Å². The van der Waals surface area contributed by atoms with Gasteiger partial charge in [-0.3, -0.25) is 0 Å². The first-order valence-electron chi connectivity index (χ1n) is 6.12. The van der Waals surface area contributed by atoms with E-state index in [9.17, 15) is 0 Å². The molecule has 0 aromatic heterocycles. The van der Waals surface area contributed by atoms with Gasteiger partial charge in [-0.25, -0.2) is 0 Å². The van der Waals surface area contributed by atoms with Gasteiger partial charge in [-0.2, -0.15) is 0 Å². The number of hydrogen-bond acceptors (Lipinski definition) is 1. The number of rotatable bonds is 8. The van der Waals surface area contributed by atoms with E-state index in [4.69, 9.17) is 0 Å². The molecule has 90 valence electrons. The molecule has 0 saturated carbocycles. The Balaban J connectivity index is 3.57. The molecule has 0 saturated heterocycles. The molecule has 0 aliphatic rings. The van der Waals surface area contributed by atoms with Gasteiger partial charge in [-0.15, -0.1) is 0 Å². The molecule has 1 atom stereocenters. The summed E-state index contributed by atoms with van der Waals surface area (Å²) in [5, 5.41) is 3.44. The van der Waals surface area contributed by atoms with Gasteiger partial charge < -0.3 is 0 Å². The molecule has 2 heteroatoms. The summed E-state index contributed by atoms with van der Waals surface area (Å²) in [5.74, 6) is 0.859. The Kier molecular flexibility index (Phi) is 8.00. The van der Waals surface area contributed by atoms with Crippen LogP contribution < -0.4 is 5.32 Å². The second-order valence-electron chi connectivity index (χ2n) is 5.43. The SMILES string of the molecule is CCC(C)(C)CCC(C)CCN[C](C)=[W]. The topological polar surface area (TPSA) is 12.0 Å². The van der Waals surface area contributed by atoms with Crippen LogP contribution in [0.1, 0.15) is 60.3 Å². The standard InChI is InChI=1S/C13H27N.W/c1-6-13(4,5)10-8-12(3)9-11-14-7-2;/h12,14H,6,8-11H2,1-5H3;. The quantitative estimate of drug-likeness (QED) is 0.679. The molecule has 1 nitrogen and oxygen atoms in total. The molecule has 0 rings (SSSR count). The maximum atomic E-state index is 3.44. The van der Waals surface area contributed by atoms with Crippen molar-refractivity contribution in [3.05, 3.63) is 0 Å². The van der Waals surface area contributed by atoms with Crippen LogP contribution in [0.4, 0.5) is 0 Å².